The number of nitrogens with two attached hydrogens (primary N) is 1. The van der Waals surface area contributed by atoms with Crippen molar-refractivity contribution in [2.45, 2.75) is 6.54 Å². The van der Waals surface area contributed by atoms with E-state index in [-0.39, 0.29) is 11.4 Å². The quantitative estimate of drug-likeness (QED) is 0.568. The number of nitrogens with one attached hydrogen (secondary N) is 1. The van der Waals surface area contributed by atoms with Crippen LogP contribution in [0.15, 0.2) is 52.9 Å². The molecule has 7 heteroatoms. The third-order valence-electron chi connectivity index (χ3n) is 3.42. The average molecular weight is 311 g/mol. The Morgan fingerprint density at radius 3 is 2.74 bits per heavy atom. The second kappa shape index (κ2) is 5.90. The molecule has 0 saturated carbocycles. The molecule has 0 aliphatic heterocycles. The van der Waals surface area contributed by atoms with Crippen LogP contribution in [0.25, 0.3) is 11.0 Å². The van der Waals surface area contributed by atoms with Crippen molar-refractivity contribution in [3.8, 4) is 0 Å². The van der Waals surface area contributed by atoms with Crippen LogP contribution in [-0.4, -0.2) is 10.8 Å². The van der Waals surface area contributed by atoms with Crippen LogP contribution in [0.5, 0.6) is 0 Å². The molecule has 2 aromatic carbocycles. The summed E-state index contributed by atoms with van der Waals surface area (Å²) in [6.45, 7) is 0.294. The van der Waals surface area contributed by atoms with Crippen LogP contribution in [0, 0.1) is 10.1 Å². The first-order valence-corrected chi connectivity index (χ1v) is 6.86. The van der Waals surface area contributed by atoms with E-state index in [9.17, 15) is 14.9 Å². The van der Waals surface area contributed by atoms with Gasteiger partial charge in [-0.3, -0.25) is 14.9 Å². The largest absolute Gasteiger partial charge is 0.451 e. The number of nitro benzene ring substituents is 1. The van der Waals surface area contributed by atoms with Gasteiger partial charge in [-0.05, 0) is 23.8 Å². The Morgan fingerprint density at radius 1 is 1.22 bits per heavy atom. The Morgan fingerprint density at radius 2 is 2.00 bits per heavy atom. The fraction of sp³-hybridized carbons (Fsp3) is 0.0625. The maximum Gasteiger partial charge on any atom is 0.291 e. The number of fused-ring (bicyclic) bond motifs is 1. The van der Waals surface area contributed by atoms with Gasteiger partial charge in [0.15, 0.2) is 5.76 Å². The van der Waals surface area contributed by atoms with Gasteiger partial charge in [0.25, 0.3) is 11.6 Å². The fourth-order valence-electron chi connectivity index (χ4n) is 2.26. The van der Waals surface area contributed by atoms with E-state index in [1.165, 1.54) is 24.3 Å². The highest BCUT2D eigenvalue weighted by Gasteiger charge is 2.16. The molecular formula is C16H13N3O4. The number of hydrogen-bond acceptors (Lipinski definition) is 5. The minimum Gasteiger partial charge on any atom is -0.451 e. The van der Waals surface area contributed by atoms with Crippen LogP contribution < -0.4 is 11.1 Å². The van der Waals surface area contributed by atoms with E-state index >= 15 is 0 Å². The van der Waals surface area contributed by atoms with Crippen LogP contribution in [0.1, 0.15) is 16.1 Å². The Kier molecular flexibility index (Phi) is 3.78. The Bertz CT molecular complexity index is 901. The van der Waals surface area contributed by atoms with Gasteiger partial charge >= 0.3 is 0 Å². The number of hydrogen-bond donors (Lipinski definition) is 2. The van der Waals surface area contributed by atoms with Gasteiger partial charge in [0.05, 0.1) is 4.92 Å². The van der Waals surface area contributed by atoms with E-state index in [1.807, 2.05) is 12.1 Å². The molecule has 0 aliphatic rings. The lowest BCUT2D eigenvalue weighted by Gasteiger charge is -2.07. The molecule has 3 aromatic rings. The van der Waals surface area contributed by atoms with Crippen molar-refractivity contribution in [1.29, 1.82) is 0 Å². The number of amides is 1. The van der Waals surface area contributed by atoms with Gasteiger partial charge in [-0.2, -0.15) is 0 Å². The highest BCUT2D eigenvalue weighted by atomic mass is 16.6. The van der Waals surface area contributed by atoms with Crippen LogP contribution >= 0.6 is 0 Å². The summed E-state index contributed by atoms with van der Waals surface area (Å²) in [6, 6.07) is 12.8. The topological polar surface area (TPSA) is 111 Å². The van der Waals surface area contributed by atoms with Gasteiger partial charge in [0, 0.05) is 29.8 Å². The van der Waals surface area contributed by atoms with Crippen LogP contribution in [0.4, 0.5) is 11.4 Å². The number of carbonyl (C=O) groups is 1. The lowest BCUT2D eigenvalue weighted by molar-refractivity contribution is -0.384. The van der Waals surface area contributed by atoms with Gasteiger partial charge in [-0.25, -0.2) is 0 Å². The minimum atomic E-state index is -0.496. The molecule has 0 unspecified atom stereocenters. The first-order chi connectivity index (χ1) is 11.1. The molecule has 0 atom stereocenters. The van der Waals surface area contributed by atoms with Gasteiger partial charge in [0.1, 0.15) is 5.58 Å². The molecule has 23 heavy (non-hydrogen) atoms. The summed E-state index contributed by atoms with van der Waals surface area (Å²) in [6.07, 6.45) is 0. The van der Waals surface area contributed by atoms with Crippen molar-refractivity contribution in [1.82, 2.24) is 0 Å². The molecule has 3 N–H and O–H groups in total. The molecule has 0 aliphatic carbocycles. The summed E-state index contributed by atoms with van der Waals surface area (Å²) in [5.74, 6) is -0.364. The zero-order chi connectivity index (χ0) is 16.4. The highest BCUT2D eigenvalue weighted by Crippen LogP contribution is 2.25. The molecule has 116 valence electrons. The number of carbonyl (C=O) groups excluding carboxylic acids is 1. The zero-order valence-electron chi connectivity index (χ0n) is 12.0. The number of rotatable bonds is 4. The number of nitro groups is 1. The van der Waals surface area contributed by atoms with E-state index in [1.54, 1.807) is 12.1 Å². The first kappa shape index (κ1) is 14.7. The predicted molar refractivity (Wildman–Crippen MR) is 85.2 cm³/mol. The van der Waals surface area contributed by atoms with Gasteiger partial charge < -0.3 is 15.5 Å². The van der Waals surface area contributed by atoms with Crippen molar-refractivity contribution in [2.24, 2.45) is 5.73 Å². The van der Waals surface area contributed by atoms with Crippen molar-refractivity contribution >= 4 is 28.3 Å². The molecular weight excluding hydrogens is 298 g/mol. The summed E-state index contributed by atoms with van der Waals surface area (Å²) in [5, 5.41) is 14.0. The third-order valence-corrected chi connectivity index (χ3v) is 3.42. The summed E-state index contributed by atoms with van der Waals surface area (Å²) >= 11 is 0. The van der Waals surface area contributed by atoms with E-state index < -0.39 is 10.8 Å². The Balaban J connectivity index is 1.90. The average Bonchev–Trinajstić information content (AvgIpc) is 2.98. The van der Waals surface area contributed by atoms with Crippen molar-refractivity contribution in [3.63, 3.8) is 0 Å². The Hall–Kier alpha value is -3.19. The lowest BCUT2D eigenvalue weighted by Crippen LogP contribution is -2.13. The predicted octanol–water partition coefficient (Wildman–Crippen LogP) is 3.05. The number of nitrogens with zero attached hydrogens (tertiary/aromatic N) is 1. The highest BCUT2D eigenvalue weighted by molar-refractivity contribution is 6.05. The van der Waals surface area contributed by atoms with Crippen molar-refractivity contribution < 1.29 is 14.1 Å². The van der Waals surface area contributed by atoms with E-state index in [0.717, 1.165) is 5.56 Å². The molecule has 1 heterocycles. The lowest BCUT2D eigenvalue weighted by atomic mass is 10.1. The summed E-state index contributed by atoms with van der Waals surface area (Å²) < 4.78 is 5.44. The SMILES string of the molecule is NCc1ccccc1NC(=O)c1cc2cc([N+](=O)[O-])ccc2o1. The summed E-state index contributed by atoms with van der Waals surface area (Å²) in [4.78, 5) is 22.6. The monoisotopic (exact) mass is 311 g/mol. The van der Waals surface area contributed by atoms with E-state index in [0.29, 0.717) is 23.2 Å². The molecule has 0 fully saturated rings. The fourth-order valence-corrected chi connectivity index (χ4v) is 2.26. The number of benzene rings is 2. The van der Waals surface area contributed by atoms with Crippen LogP contribution in [-0.2, 0) is 6.54 Å². The molecule has 1 amide bonds. The second-order valence-corrected chi connectivity index (χ2v) is 4.91. The van der Waals surface area contributed by atoms with Crippen molar-refractivity contribution in [2.75, 3.05) is 5.32 Å². The van der Waals surface area contributed by atoms with Crippen LogP contribution in [0.2, 0.25) is 0 Å². The molecule has 3 rings (SSSR count). The van der Waals surface area contributed by atoms with Gasteiger partial charge in [-0.15, -0.1) is 0 Å². The van der Waals surface area contributed by atoms with Gasteiger partial charge in [-0.1, -0.05) is 18.2 Å². The number of anilines is 1. The molecule has 0 radical (unpaired) electrons. The number of furan rings is 1. The molecule has 7 nitrogen and oxygen atoms in total. The maximum atomic E-state index is 12.3. The first-order valence-electron chi connectivity index (χ1n) is 6.86. The number of non-ortho nitro benzene ring substituents is 1. The smallest absolute Gasteiger partial charge is 0.291 e. The number of para-hydroxylation sites is 1. The molecule has 0 spiro atoms. The Labute approximate surface area is 130 Å². The second-order valence-electron chi connectivity index (χ2n) is 4.91. The van der Waals surface area contributed by atoms with E-state index in [2.05, 4.69) is 5.32 Å². The molecule has 0 bridgehead atoms. The normalized spacial score (nSPS) is 10.7. The summed E-state index contributed by atoms with van der Waals surface area (Å²) in [5.41, 5.74) is 7.39. The third kappa shape index (κ3) is 2.90. The summed E-state index contributed by atoms with van der Waals surface area (Å²) in [7, 11) is 0. The minimum absolute atomic E-state index is 0.0567. The zero-order valence-corrected chi connectivity index (χ0v) is 12.0. The molecule has 1 aromatic heterocycles. The van der Waals surface area contributed by atoms with Crippen molar-refractivity contribution in [3.05, 3.63) is 70.0 Å². The van der Waals surface area contributed by atoms with Crippen LogP contribution in [0.3, 0.4) is 0 Å². The standard InChI is InChI=1S/C16H13N3O4/c17-9-10-3-1-2-4-13(10)18-16(20)15-8-11-7-12(19(21)22)5-6-14(11)23-15/h1-8H,9,17H2,(H,18,20). The van der Waals surface area contributed by atoms with Gasteiger partial charge in [0.2, 0.25) is 0 Å². The maximum absolute atomic E-state index is 12.3. The van der Waals surface area contributed by atoms with E-state index in [4.69, 9.17) is 10.2 Å². The molecule has 0 saturated heterocycles.